The number of hydrogen-bond acceptors (Lipinski definition) is 3. The number of rotatable bonds is 5. The van der Waals surface area contributed by atoms with Gasteiger partial charge in [0.1, 0.15) is 0 Å². The van der Waals surface area contributed by atoms with Crippen molar-refractivity contribution < 1.29 is 4.79 Å². The van der Waals surface area contributed by atoms with Crippen molar-refractivity contribution in [1.82, 2.24) is 10.2 Å². The van der Waals surface area contributed by atoms with E-state index in [2.05, 4.69) is 18.2 Å². The molecule has 1 fully saturated rings. The molecule has 74 valence electrons. The van der Waals surface area contributed by atoms with Gasteiger partial charge in [-0.05, 0) is 18.4 Å². The molecular weight excluding hydrogens is 184 g/mol. The normalized spacial score (nSPS) is 22.4. The van der Waals surface area contributed by atoms with Crippen LogP contribution < -0.4 is 5.32 Å². The summed E-state index contributed by atoms with van der Waals surface area (Å²) in [6.45, 7) is 4.94. The lowest BCUT2D eigenvalue weighted by Crippen LogP contribution is -2.31. The molecule has 1 N–H and O–H groups in total. The van der Waals surface area contributed by atoms with Crippen LogP contribution in [0.1, 0.15) is 6.42 Å². The first-order valence-electron chi connectivity index (χ1n) is 4.41. The number of amides is 1. The molecule has 1 rings (SSSR count). The zero-order chi connectivity index (χ0) is 9.68. The molecule has 0 bridgehead atoms. The molecule has 0 saturated carbocycles. The van der Waals surface area contributed by atoms with Crippen LogP contribution in [-0.4, -0.2) is 42.1 Å². The molecule has 0 aliphatic carbocycles. The molecule has 0 aromatic carbocycles. The fourth-order valence-electron chi connectivity index (χ4n) is 1.38. The predicted octanol–water partition coefficient (Wildman–Crippen LogP) is 0.683. The van der Waals surface area contributed by atoms with Gasteiger partial charge in [-0.3, -0.25) is 10.1 Å². The Morgan fingerprint density at radius 2 is 2.62 bits per heavy atom. The molecule has 0 unspecified atom stereocenters. The third-order valence-electron chi connectivity index (χ3n) is 2.10. The van der Waals surface area contributed by atoms with Gasteiger partial charge in [0.2, 0.25) is 5.91 Å². The van der Waals surface area contributed by atoms with E-state index in [1.165, 1.54) is 0 Å². The van der Waals surface area contributed by atoms with Crippen molar-refractivity contribution in [1.29, 1.82) is 0 Å². The maximum atomic E-state index is 11.6. The molecule has 0 aromatic heterocycles. The molecule has 0 spiro atoms. The van der Waals surface area contributed by atoms with Gasteiger partial charge in [-0.15, -0.1) is 6.58 Å². The molecule has 13 heavy (non-hydrogen) atoms. The topological polar surface area (TPSA) is 32.3 Å². The van der Waals surface area contributed by atoms with Crippen LogP contribution in [-0.2, 0) is 4.79 Å². The van der Waals surface area contributed by atoms with Crippen molar-refractivity contribution in [3.05, 3.63) is 12.7 Å². The largest absolute Gasteiger partial charge is 0.325 e. The highest BCUT2D eigenvalue weighted by atomic mass is 32.2. The summed E-state index contributed by atoms with van der Waals surface area (Å²) in [7, 11) is 0. The Morgan fingerprint density at radius 1 is 1.85 bits per heavy atom. The van der Waals surface area contributed by atoms with Crippen molar-refractivity contribution in [2.45, 2.75) is 12.5 Å². The molecule has 0 radical (unpaired) electrons. The zero-order valence-corrected chi connectivity index (χ0v) is 8.77. The standard InChI is InChI=1S/C9H16N2OS/c1-3-5-11-7-10-8(9(11)12)4-6-13-2/h3,8,10H,1,4-7H2,2H3/t8-/m1/s1. The smallest absolute Gasteiger partial charge is 0.241 e. The highest BCUT2D eigenvalue weighted by molar-refractivity contribution is 7.98. The Labute approximate surface area is 83.6 Å². The van der Waals surface area contributed by atoms with E-state index in [1.807, 2.05) is 0 Å². The number of thioether (sulfide) groups is 1. The molecule has 1 aliphatic rings. The molecular formula is C9H16N2OS. The van der Waals surface area contributed by atoms with E-state index in [0.717, 1.165) is 12.2 Å². The van der Waals surface area contributed by atoms with Crippen LogP contribution in [0.3, 0.4) is 0 Å². The zero-order valence-electron chi connectivity index (χ0n) is 7.95. The summed E-state index contributed by atoms with van der Waals surface area (Å²) in [5, 5.41) is 3.19. The highest BCUT2D eigenvalue weighted by Crippen LogP contribution is 2.09. The SMILES string of the molecule is C=CCN1CN[C@H](CCSC)C1=O. The number of nitrogens with one attached hydrogen (secondary N) is 1. The fourth-order valence-corrected chi connectivity index (χ4v) is 1.85. The monoisotopic (exact) mass is 200 g/mol. The first kappa shape index (κ1) is 10.6. The fraction of sp³-hybridized carbons (Fsp3) is 0.667. The van der Waals surface area contributed by atoms with Gasteiger partial charge in [0.25, 0.3) is 0 Å². The number of carbonyl (C=O) groups is 1. The minimum absolute atomic E-state index is 0.0346. The van der Waals surface area contributed by atoms with E-state index in [4.69, 9.17) is 0 Å². The van der Waals surface area contributed by atoms with E-state index < -0.39 is 0 Å². The van der Waals surface area contributed by atoms with Gasteiger partial charge in [0.05, 0.1) is 12.7 Å². The summed E-state index contributed by atoms with van der Waals surface area (Å²) in [5.41, 5.74) is 0. The maximum absolute atomic E-state index is 11.6. The average molecular weight is 200 g/mol. The summed E-state index contributed by atoms with van der Waals surface area (Å²) in [5.74, 6) is 1.25. The second-order valence-electron chi connectivity index (χ2n) is 3.05. The quantitative estimate of drug-likeness (QED) is 0.663. The van der Waals surface area contributed by atoms with E-state index in [1.54, 1.807) is 22.7 Å². The van der Waals surface area contributed by atoms with E-state index >= 15 is 0 Å². The lowest BCUT2D eigenvalue weighted by atomic mass is 10.2. The summed E-state index contributed by atoms with van der Waals surface area (Å²) < 4.78 is 0. The van der Waals surface area contributed by atoms with Crippen molar-refractivity contribution in [3.8, 4) is 0 Å². The molecule has 1 aliphatic heterocycles. The van der Waals surface area contributed by atoms with Crippen LogP contribution in [0.5, 0.6) is 0 Å². The second-order valence-corrected chi connectivity index (χ2v) is 4.03. The Kier molecular flexibility index (Phi) is 4.32. The van der Waals surface area contributed by atoms with Gasteiger partial charge in [0, 0.05) is 6.54 Å². The number of carbonyl (C=O) groups excluding carboxylic acids is 1. The van der Waals surface area contributed by atoms with Gasteiger partial charge in [-0.25, -0.2) is 0 Å². The van der Waals surface area contributed by atoms with Crippen LogP contribution in [0.2, 0.25) is 0 Å². The van der Waals surface area contributed by atoms with Crippen LogP contribution >= 0.6 is 11.8 Å². The van der Waals surface area contributed by atoms with Gasteiger partial charge < -0.3 is 4.90 Å². The van der Waals surface area contributed by atoms with Crippen LogP contribution in [0.4, 0.5) is 0 Å². The van der Waals surface area contributed by atoms with Crippen molar-refractivity contribution in [2.24, 2.45) is 0 Å². The predicted molar refractivity (Wildman–Crippen MR) is 56.7 cm³/mol. The van der Waals surface area contributed by atoms with Gasteiger partial charge >= 0.3 is 0 Å². The number of nitrogens with zero attached hydrogens (tertiary/aromatic N) is 1. The molecule has 4 heteroatoms. The molecule has 3 nitrogen and oxygen atoms in total. The molecule has 1 amide bonds. The number of hydrogen-bond donors (Lipinski definition) is 1. The molecule has 1 heterocycles. The summed E-state index contributed by atoms with van der Waals surface area (Å²) in [4.78, 5) is 13.4. The highest BCUT2D eigenvalue weighted by Gasteiger charge is 2.29. The van der Waals surface area contributed by atoms with Gasteiger partial charge in [-0.2, -0.15) is 11.8 Å². The van der Waals surface area contributed by atoms with Crippen LogP contribution in [0.15, 0.2) is 12.7 Å². The Balaban J connectivity index is 2.36. The average Bonchev–Trinajstić information content (AvgIpc) is 2.46. The first-order chi connectivity index (χ1) is 6.29. The third-order valence-corrected chi connectivity index (χ3v) is 2.74. The first-order valence-corrected chi connectivity index (χ1v) is 5.81. The third kappa shape index (κ3) is 2.74. The second kappa shape index (κ2) is 5.29. The summed E-state index contributed by atoms with van der Waals surface area (Å²) >= 11 is 1.77. The summed E-state index contributed by atoms with van der Waals surface area (Å²) in [6, 6.07) is 0.0346. The van der Waals surface area contributed by atoms with Gasteiger partial charge in [0.15, 0.2) is 0 Å². The molecule has 0 aromatic rings. The van der Waals surface area contributed by atoms with Crippen molar-refractivity contribution in [2.75, 3.05) is 25.2 Å². The Hall–Kier alpha value is -0.480. The van der Waals surface area contributed by atoms with Crippen molar-refractivity contribution in [3.63, 3.8) is 0 Å². The van der Waals surface area contributed by atoms with E-state index in [9.17, 15) is 4.79 Å². The van der Waals surface area contributed by atoms with Crippen LogP contribution in [0.25, 0.3) is 0 Å². The lowest BCUT2D eigenvalue weighted by Gasteiger charge is -2.11. The lowest BCUT2D eigenvalue weighted by molar-refractivity contribution is -0.128. The Bertz CT molecular complexity index is 196. The minimum Gasteiger partial charge on any atom is -0.325 e. The maximum Gasteiger partial charge on any atom is 0.241 e. The minimum atomic E-state index is 0.0346. The van der Waals surface area contributed by atoms with Crippen LogP contribution in [0, 0.1) is 0 Å². The molecule has 1 saturated heterocycles. The molecule has 1 atom stereocenters. The summed E-state index contributed by atoms with van der Waals surface area (Å²) in [6.07, 6.45) is 4.74. The van der Waals surface area contributed by atoms with Gasteiger partial charge in [-0.1, -0.05) is 6.08 Å². The van der Waals surface area contributed by atoms with E-state index in [0.29, 0.717) is 13.2 Å². The van der Waals surface area contributed by atoms with E-state index in [-0.39, 0.29) is 11.9 Å². The van der Waals surface area contributed by atoms with Crippen molar-refractivity contribution >= 4 is 17.7 Å². The Morgan fingerprint density at radius 3 is 3.23 bits per heavy atom.